The lowest BCUT2D eigenvalue weighted by Crippen LogP contribution is -2.50. The van der Waals surface area contributed by atoms with E-state index in [0.29, 0.717) is 6.04 Å². The molecule has 1 heterocycles. The quantitative estimate of drug-likeness (QED) is 0.329. The SMILES string of the molecule is CC(=O)O[C@@H]1CC[C@H](CCCCCCCCCCCC[C@@H](C)O)N[C@@H]1C. The van der Waals surface area contributed by atoms with Crippen LogP contribution in [-0.4, -0.2) is 35.4 Å². The summed E-state index contributed by atoms with van der Waals surface area (Å²) in [5.74, 6) is -0.165. The summed E-state index contributed by atoms with van der Waals surface area (Å²) in [5.41, 5.74) is 0. The van der Waals surface area contributed by atoms with E-state index in [0.717, 1.165) is 19.3 Å². The Morgan fingerprint density at radius 2 is 1.54 bits per heavy atom. The molecule has 0 bridgehead atoms. The van der Waals surface area contributed by atoms with Crippen LogP contribution in [0.15, 0.2) is 0 Å². The Morgan fingerprint density at radius 1 is 1.00 bits per heavy atom. The second-order valence-electron chi connectivity index (χ2n) is 8.34. The highest BCUT2D eigenvalue weighted by molar-refractivity contribution is 5.66. The minimum absolute atomic E-state index is 0.0517. The number of hydrogen-bond acceptors (Lipinski definition) is 4. The Hall–Kier alpha value is -0.610. The number of nitrogens with one attached hydrogen (secondary N) is 1. The Bertz CT molecular complexity index is 359. The van der Waals surface area contributed by atoms with Gasteiger partial charge in [-0.25, -0.2) is 0 Å². The molecule has 1 aliphatic heterocycles. The van der Waals surface area contributed by atoms with Gasteiger partial charge in [0.2, 0.25) is 0 Å². The maximum absolute atomic E-state index is 11.1. The topological polar surface area (TPSA) is 58.6 Å². The summed E-state index contributed by atoms with van der Waals surface area (Å²) < 4.78 is 5.36. The van der Waals surface area contributed by atoms with Crippen molar-refractivity contribution >= 4 is 5.97 Å². The van der Waals surface area contributed by atoms with Crippen molar-refractivity contribution in [2.45, 2.75) is 135 Å². The first kappa shape index (κ1) is 23.4. The fraction of sp³-hybridized carbons (Fsp3) is 0.955. The molecule has 1 saturated heterocycles. The summed E-state index contributed by atoms with van der Waals surface area (Å²) in [7, 11) is 0. The van der Waals surface area contributed by atoms with E-state index in [9.17, 15) is 9.90 Å². The highest BCUT2D eigenvalue weighted by Gasteiger charge is 2.28. The molecule has 0 amide bonds. The highest BCUT2D eigenvalue weighted by Crippen LogP contribution is 2.21. The molecular weight excluding hydrogens is 326 g/mol. The van der Waals surface area contributed by atoms with Crippen LogP contribution in [0.2, 0.25) is 0 Å². The minimum Gasteiger partial charge on any atom is -0.461 e. The molecule has 1 aliphatic rings. The van der Waals surface area contributed by atoms with Crippen molar-refractivity contribution in [3.63, 3.8) is 0 Å². The molecule has 1 fully saturated rings. The number of rotatable bonds is 14. The van der Waals surface area contributed by atoms with Crippen LogP contribution in [-0.2, 0) is 9.53 Å². The summed E-state index contributed by atoms with van der Waals surface area (Å²) >= 11 is 0. The number of carbonyl (C=O) groups is 1. The summed E-state index contributed by atoms with van der Waals surface area (Å²) in [6, 6.07) is 0.872. The molecule has 0 aromatic heterocycles. The molecule has 0 aliphatic carbocycles. The van der Waals surface area contributed by atoms with Crippen molar-refractivity contribution in [3.05, 3.63) is 0 Å². The summed E-state index contributed by atoms with van der Waals surface area (Å²) in [4.78, 5) is 11.1. The van der Waals surface area contributed by atoms with Gasteiger partial charge in [0.15, 0.2) is 0 Å². The number of aliphatic hydroxyl groups excluding tert-OH is 1. The Morgan fingerprint density at radius 3 is 2.04 bits per heavy atom. The second kappa shape index (κ2) is 14.4. The molecular formula is C22H43NO3. The number of piperidine rings is 1. The van der Waals surface area contributed by atoms with E-state index in [1.54, 1.807) is 0 Å². The largest absolute Gasteiger partial charge is 0.461 e. The number of hydrogen-bond donors (Lipinski definition) is 2. The third-order valence-electron chi connectivity index (χ3n) is 5.60. The summed E-state index contributed by atoms with van der Waals surface area (Å²) in [5, 5.41) is 12.8. The smallest absolute Gasteiger partial charge is 0.302 e. The van der Waals surface area contributed by atoms with Crippen LogP contribution in [0.5, 0.6) is 0 Å². The van der Waals surface area contributed by atoms with Gasteiger partial charge in [-0.2, -0.15) is 0 Å². The van der Waals surface area contributed by atoms with Gasteiger partial charge in [-0.3, -0.25) is 4.79 Å². The van der Waals surface area contributed by atoms with E-state index in [4.69, 9.17) is 4.74 Å². The number of ether oxygens (including phenoxy) is 1. The summed E-state index contributed by atoms with van der Waals surface area (Å²) in [6.07, 6.45) is 17.5. The first-order valence-electron chi connectivity index (χ1n) is 11.1. The molecule has 4 nitrogen and oxygen atoms in total. The van der Waals surface area contributed by atoms with E-state index in [1.807, 2.05) is 6.92 Å². The molecule has 0 saturated carbocycles. The standard InChI is InChI=1S/C22H43NO3/c1-18(24)14-12-10-8-6-4-5-7-9-11-13-15-21-16-17-22(19(2)23-21)26-20(3)25/h18-19,21-24H,4-17H2,1-3H3/t18-,19-,21+,22-/m1/s1. The van der Waals surface area contributed by atoms with Crippen molar-refractivity contribution in [1.29, 1.82) is 0 Å². The van der Waals surface area contributed by atoms with E-state index in [1.165, 1.54) is 77.6 Å². The molecule has 1 rings (SSSR count). The van der Waals surface area contributed by atoms with Crippen molar-refractivity contribution in [1.82, 2.24) is 5.32 Å². The van der Waals surface area contributed by atoms with Gasteiger partial charge in [0.25, 0.3) is 0 Å². The van der Waals surface area contributed by atoms with Gasteiger partial charge >= 0.3 is 5.97 Å². The Labute approximate surface area is 161 Å². The van der Waals surface area contributed by atoms with Gasteiger partial charge < -0.3 is 15.2 Å². The Balaban J connectivity index is 1.87. The van der Waals surface area contributed by atoms with E-state index in [-0.39, 0.29) is 24.2 Å². The van der Waals surface area contributed by atoms with Gasteiger partial charge in [0.1, 0.15) is 6.10 Å². The third kappa shape index (κ3) is 11.9. The van der Waals surface area contributed by atoms with Gasteiger partial charge in [0.05, 0.1) is 6.10 Å². The molecule has 0 aromatic rings. The zero-order valence-corrected chi connectivity index (χ0v) is 17.5. The predicted octanol–water partition coefficient (Wildman–Crippen LogP) is 5.12. The molecule has 0 spiro atoms. The van der Waals surface area contributed by atoms with E-state index >= 15 is 0 Å². The fourth-order valence-electron chi connectivity index (χ4n) is 4.02. The van der Waals surface area contributed by atoms with E-state index in [2.05, 4.69) is 12.2 Å². The van der Waals surface area contributed by atoms with Crippen LogP contribution < -0.4 is 5.32 Å². The van der Waals surface area contributed by atoms with Crippen LogP contribution in [0.25, 0.3) is 0 Å². The van der Waals surface area contributed by atoms with Crippen molar-refractivity contribution in [2.24, 2.45) is 0 Å². The van der Waals surface area contributed by atoms with Crippen molar-refractivity contribution in [3.8, 4) is 0 Å². The third-order valence-corrected chi connectivity index (χ3v) is 5.60. The number of unbranched alkanes of at least 4 members (excludes halogenated alkanes) is 9. The fourth-order valence-corrected chi connectivity index (χ4v) is 4.02. The Kier molecular flexibility index (Phi) is 13.0. The average Bonchev–Trinajstić information content (AvgIpc) is 2.57. The van der Waals surface area contributed by atoms with Gasteiger partial charge in [-0.05, 0) is 39.5 Å². The molecule has 0 unspecified atom stereocenters. The second-order valence-corrected chi connectivity index (χ2v) is 8.34. The monoisotopic (exact) mass is 369 g/mol. The van der Waals surface area contributed by atoms with Crippen LogP contribution in [0.1, 0.15) is 111 Å². The van der Waals surface area contributed by atoms with Crippen LogP contribution in [0, 0.1) is 0 Å². The first-order valence-corrected chi connectivity index (χ1v) is 11.1. The molecule has 0 aromatic carbocycles. The lowest BCUT2D eigenvalue weighted by molar-refractivity contribution is -0.149. The molecule has 2 N–H and O–H groups in total. The maximum atomic E-state index is 11.1. The molecule has 0 radical (unpaired) electrons. The van der Waals surface area contributed by atoms with Gasteiger partial charge in [0, 0.05) is 19.0 Å². The number of carbonyl (C=O) groups excluding carboxylic acids is 1. The summed E-state index contributed by atoms with van der Waals surface area (Å²) in [6.45, 7) is 5.51. The first-order chi connectivity index (χ1) is 12.5. The normalized spacial score (nSPS) is 24.4. The zero-order valence-electron chi connectivity index (χ0n) is 17.5. The lowest BCUT2D eigenvalue weighted by atomic mass is 9.93. The number of esters is 1. The van der Waals surface area contributed by atoms with Crippen LogP contribution in [0.3, 0.4) is 0 Å². The molecule has 4 heteroatoms. The minimum atomic E-state index is -0.165. The molecule has 26 heavy (non-hydrogen) atoms. The predicted molar refractivity (Wildman–Crippen MR) is 108 cm³/mol. The van der Waals surface area contributed by atoms with E-state index < -0.39 is 0 Å². The zero-order chi connectivity index (χ0) is 19.2. The maximum Gasteiger partial charge on any atom is 0.302 e. The molecule has 154 valence electrons. The van der Waals surface area contributed by atoms with Gasteiger partial charge in [-0.15, -0.1) is 0 Å². The van der Waals surface area contributed by atoms with Crippen molar-refractivity contribution < 1.29 is 14.6 Å². The highest BCUT2D eigenvalue weighted by atomic mass is 16.5. The number of aliphatic hydroxyl groups is 1. The van der Waals surface area contributed by atoms with Gasteiger partial charge in [-0.1, -0.05) is 64.2 Å². The van der Waals surface area contributed by atoms with Crippen molar-refractivity contribution in [2.75, 3.05) is 0 Å². The molecule has 4 atom stereocenters. The van der Waals surface area contributed by atoms with Crippen LogP contribution >= 0.6 is 0 Å². The average molecular weight is 370 g/mol. The lowest BCUT2D eigenvalue weighted by Gasteiger charge is -2.35. The van der Waals surface area contributed by atoms with Crippen LogP contribution in [0.4, 0.5) is 0 Å².